The van der Waals surface area contributed by atoms with E-state index in [0.717, 1.165) is 5.56 Å². The largest absolute Gasteiger partial charge is 0.507 e. The van der Waals surface area contributed by atoms with Gasteiger partial charge in [-0.25, -0.2) is 0 Å². The molecule has 0 saturated heterocycles. The van der Waals surface area contributed by atoms with E-state index in [1.807, 2.05) is 0 Å². The number of nitrogens with two attached hydrogens (primary N) is 1. The molecule has 0 aliphatic heterocycles. The quantitative estimate of drug-likeness (QED) is 0.797. The van der Waals surface area contributed by atoms with Gasteiger partial charge in [0.2, 0.25) is 0 Å². The molecule has 0 aromatic heterocycles. The molecule has 0 bridgehead atoms. The Kier molecular flexibility index (Phi) is 3.29. The molecule has 0 amide bonds. The third-order valence-electron chi connectivity index (χ3n) is 1.97. The number of aromatic hydroxyl groups is 1. The highest BCUT2D eigenvalue weighted by Gasteiger charge is 2.15. The van der Waals surface area contributed by atoms with Crippen molar-refractivity contribution >= 4 is 21.7 Å². The van der Waals surface area contributed by atoms with Crippen LogP contribution in [0.4, 0.5) is 0 Å². The molecule has 0 radical (unpaired) electrons. The minimum Gasteiger partial charge on any atom is -0.507 e. The van der Waals surface area contributed by atoms with E-state index in [1.165, 1.54) is 0 Å². The Morgan fingerprint density at radius 3 is 2.64 bits per heavy atom. The Balaban J connectivity index is 3.22. The van der Waals surface area contributed by atoms with Crippen LogP contribution in [0, 0.1) is 6.92 Å². The molecule has 1 aromatic rings. The predicted octanol–water partition coefficient (Wildman–Crippen LogP) is 1.99. The van der Waals surface area contributed by atoms with E-state index in [1.54, 1.807) is 26.0 Å². The van der Waals surface area contributed by atoms with E-state index in [2.05, 4.69) is 15.9 Å². The molecule has 0 aliphatic carbocycles. The molecular weight excluding hydrogens is 246 g/mol. The highest BCUT2D eigenvalue weighted by molar-refractivity contribution is 9.10. The third-order valence-corrected chi connectivity index (χ3v) is 2.61. The Morgan fingerprint density at radius 1 is 1.57 bits per heavy atom. The number of benzene rings is 1. The summed E-state index contributed by atoms with van der Waals surface area (Å²) in [6.07, 6.45) is 0. The minimum atomic E-state index is -0.523. The maximum Gasteiger partial charge on any atom is 0.179 e. The summed E-state index contributed by atoms with van der Waals surface area (Å²) >= 11 is 3.15. The van der Waals surface area contributed by atoms with Crippen molar-refractivity contribution in [2.24, 2.45) is 5.73 Å². The van der Waals surface area contributed by atoms with Gasteiger partial charge in [0.1, 0.15) is 5.75 Å². The summed E-state index contributed by atoms with van der Waals surface area (Å²) in [4.78, 5) is 11.6. The average Bonchev–Trinajstić information content (AvgIpc) is 2.10. The minimum absolute atomic E-state index is 0.122. The van der Waals surface area contributed by atoms with Gasteiger partial charge in [0.05, 0.1) is 10.5 Å². The summed E-state index contributed by atoms with van der Waals surface area (Å²) in [6.45, 7) is 3.41. The summed E-state index contributed by atoms with van der Waals surface area (Å²) in [6, 6.07) is 2.61. The first-order valence-corrected chi connectivity index (χ1v) is 5.01. The Hall–Kier alpha value is -0.870. The van der Waals surface area contributed by atoms with Crippen molar-refractivity contribution in [1.82, 2.24) is 0 Å². The van der Waals surface area contributed by atoms with E-state index in [4.69, 9.17) is 5.73 Å². The van der Waals surface area contributed by atoms with Gasteiger partial charge in [-0.2, -0.15) is 0 Å². The lowest BCUT2D eigenvalue weighted by atomic mass is 10.0. The van der Waals surface area contributed by atoms with E-state index >= 15 is 0 Å². The lowest BCUT2D eigenvalue weighted by molar-refractivity contribution is 0.0967. The number of hydrogen-bond donors (Lipinski definition) is 2. The Bertz CT molecular complexity index is 375. The molecule has 0 saturated carbocycles. The second kappa shape index (κ2) is 4.11. The molecule has 1 aromatic carbocycles. The van der Waals surface area contributed by atoms with Crippen molar-refractivity contribution in [2.45, 2.75) is 19.9 Å². The molecular formula is C10H12BrNO2. The van der Waals surface area contributed by atoms with Gasteiger partial charge in [-0.3, -0.25) is 4.79 Å². The van der Waals surface area contributed by atoms with E-state index in [9.17, 15) is 9.90 Å². The average molecular weight is 258 g/mol. The lowest BCUT2D eigenvalue weighted by Crippen LogP contribution is -2.27. The maximum atomic E-state index is 11.6. The summed E-state index contributed by atoms with van der Waals surface area (Å²) < 4.78 is 0.507. The molecule has 0 heterocycles. The number of rotatable bonds is 2. The monoisotopic (exact) mass is 257 g/mol. The van der Waals surface area contributed by atoms with Crippen LogP contribution in [0.25, 0.3) is 0 Å². The van der Waals surface area contributed by atoms with Crippen LogP contribution in [0.2, 0.25) is 0 Å². The standard InChI is InChI=1S/C10H12BrNO2/c1-5-3-9(13)8(11)4-7(5)10(14)6(2)12/h3-4,6,13H,12H2,1-2H3. The first-order valence-electron chi connectivity index (χ1n) is 4.22. The molecule has 3 N–H and O–H groups in total. The first kappa shape index (κ1) is 11.2. The topological polar surface area (TPSA) is 63.3 Å². The van der Waals surface area contributed by atoms with Gasteiger partial charge in [-0.05, 0) is 47.5 Å². The Morgan fingerprint density at radius 2 is 2.14 bits per heavy atom. The van der Waals surface area contributed by atoms with Gasteiger partial charge in [0.25, 0.3) is 0 Å². The van der Waals surface area contributed by atoms with Gasteiger partial charge in [-0.15, -0.1) is 0 Å². The van der Waals surface area contributed by atoms with Crippen LogP contribution in [0.1, 0.15) is 22.8 Å². The SMILES string of the molecule is Cc1cc(O)c(Br)cc1C(=O)C(C)N. The molecule has 0 spiro atoms. The molecule has 1 atom stereocenters. The zero-order valence-corrected chi connectivity index (χ0v) is 9.63. The van der Waals surface area contributed by atoms with Crippen molar-refractivity contribution in [2.75, 3.05) is 0 Å². The number of ketones is 1. The first-order chi connectivity index (χ1) is 6.43. The van der Waals surface area contributed by atoms with Gasteiger partial charge >= 0.3 is 0 Å². The normalized spacial score (nSPS) is 12.6. The molecule has 14 heavy (non-hydrogen) atoms. The highest BCUT2D eigenvalue weighted by Crippen LogP contribution is 2.27. The van der Waals surface area contributed by atoms with Crippen molar-refractivity contribution in [3.8, 4) is 5.75 Å². The lowest BCUT2D eigenvalue weighted by Gasteiger charge is -2.09. The number of carbonyl (C=O) groups excluding carboxylic acids is 1. The maximum absolute atomic E-state index is 11.6. The van der Waals surface area contributed by atoms with Crippen LogP contribution in [0.5, 0.6) is 5.75 Å². The van der Waals surface area contributed by atoms with Gasteiger partial charge < -0.3 is 10.8 Å². The second-order valence-corrected chi connectivity index (χ2v) is 4.13. The van der Waals surface area contributed by atoms with Gasteiger partial charge in [0, 0.05) is 5.56 Å². The number of hydrogen-bond acceptors (Lipinski definition) is 3. The molecule has 3 nitrogen and oxygen atoms in total. The smallest absolute Gasteiger partial charge is 0.179 e. The van der Waals surface area contributed by atoms with Crippen molar-refractivity contribution in [3.05, 3.63) is 27.7 Å². The number of halogens is 1. The number of phenolic OH excluding ortho intramolecular Hbond substituents is 1. The van der Waals surface area contributed by atoms with Gasteiger partial charge in [-0.1, -0.05) is 0 Å². The van der Waals surface area contributed by atoms with E-state index < -0.39 is 6.04 Å². The fraction of sp³-hybridized carbons (Fsp3) is 0.300. The number of Topliss-reactive ketones (excluding diaryl/α,β-unsaturated/α-hetero) is 1. The van der Waals surface area contributed by atoms with Crippen molar-refractivity contribution in [3.63, 3.8) is 0 Å². The fourth-order valence-corrected chi connectivity index (χ4v) is 1.52. The zero-order valence-electron chi connectivity index (χ0n) is 8.04. The van der Waals surface area contributed by atoms with E-state index in [-0.39, 0.29) is 11.5 Å². The number of phenols is 1. The van der Waals surface area contributed by atoms with Crippen LogP contribution in [-0.4, -0.2) is 16.9 Å². The van der Waals surface area contributed by atoms with Crippen molar-refractivity contribution < 1.29 is 9.90 Å². The molecule has 1 unspecified atom stereocenters. The van der Waals surface area contributed by atoms with E-state index in [0.29, 0.717) is 10.0 Å². The van der Waals surface area contributed by atoms with Crippen LogP contribution in [0.15, 0.2) is 16.6 Å². The molecule has 0 aliphatic rings. The second-order valence-electron chi connectivity index (χ2n) is 3.27. The highest BCUT2D eigenvalue weighted by atomic mass is 79.9. The van der Waals surface area contributed by atoms with Crippen molar-refractivity contribution in [1.29, 1.82) is 0 Å². The van der Waals surface area contributed by atoms with Crippen LogP contribution in [0.3, 0.4) is 0 Å². The number of aryl methyl sites for hydroxylation is 1. The zero-order chi connectivity index (χ0) is 10.9. The fourth-order valence-electron chi connectivity index (χ4n) is 1.18. The molecule has 1 rings (SSSR count). The summed E-state index contributed by atoms with van der Waals surface area (Å²) in [5.41, 5.74) is 6.77. The van der Waals surface area contributed by atoms with Crippen LogP contribution in [-0.2, 0) is 0 Å². The predicted molar refractivity (Wildman–Crippen MR) is 58.5 cm³/mol. The summed E-state index contributed by atoms with van der Waals surface area (Å²) in [5, 5.41) is 9.36. The van der Waals surface area contributed by atoms with Crippen LogP contribution < -0.4 is 5.73 Å². The molecule has 0 fully saturated rings. The Labute approximate surface area is 91.1 Å². The van der Waals surface area contributed by atoms with Crippen LogP contribution >= 0.6 is 15.9 Å². The molecule has 76 valence electrons. The molecule has 4 heteroatoms. The van der Waals surface area contributed by atoms with Gasteiger partial charge in [0.15, 0.2) is 5.78 Å². The third kappa shape index (κ3) is 2.13. The number of carbonyl (C=O) groups is 1. The summed E-state index contributed by atoms with van der Waals surface area (Å²) in [7, 11) is 0. The summed E-state index contributed by atoms with van der Waals surface area (Å²) in [5.74, 6) is 0.00641.